The van der Waals surface area contributed by atoms with Crippen molar-refractivity contribution in [3.8, 4) is 0 Å². The molecule has 0 saturated heterocycles. The van der Waals surface area contributed by atoms with E-state index in [4.69, 9.17) is 9.47 Å². The predicted octanol–water partition coefficient (Wildman–Crippen LogP) is 3.87. The molecule has 0 radical (unpaired) electrons. The standard InChI is InChI=1S/C18H24O5.CH4/c1-5-18(3,17(21)22-4)12-11-15(19)16(20)23-13(2)14-9-7-6-8-10-14;/h6-10,13H,5,11-12H2,1-4H3;1H4. The molecular formula is C19H28O5. The molecule has 0 aliphatic rings. The molecule has 0 N–H and O–H groups in total. The maximum absolute atomic E-state index is 12.0. The third kappa shape index (κ3) is 5.80. The van der Waals surface area contributed by atoms with Crippen molar-refractivity contribution in [1.82, 2.24) is 0 Å². The van der Waals surface area contributed by atoms with E-state index in [1.54, 1.807) is 13.8 Å². The highest BCUT2D eigenvalue weighted by Gasteiger charge is 2.34. The van der Waals surface area contributed by atoms with Crippen molar-refractivity contribution in [2.24, 2.45) is 5.41 Å². The number of carbonyl (C=O) groups is 3. The molecule has 0 bridgehead atoms. The summed E-state index contributed by atoms with van der Waals surface area (Å²) in [5, 5.41) is 0. The van der Waals surface area contributed by atoms with Crippen LogP contribution in [-0.4, -0.2) is 24.8 Å². The number of benzene rings is 1. The molecule has 0 saturated carbocycles. The quantitative estimate of drug-likeness (QED) is 0.532. The first kappa shape index (κ1) is 21.8. The Labute approximate surface area is 144 Å². The molecular weight excluding hydrogens is 308 g/mol. The Morgan fingerprint density at radius 3 is 2.25 bits per heavy atom. The number of hydrogen-bond donors (Lipinski definition) is 0. The van der Waals surface area contributed by atoms with E-state index in [2.05, 4.69) is 0 Å². The maximum Gasteiger partial charge on any atom is 0.375 e. The van der Waals surface area contributed by atoms with Crippen molar-refractivity contribution in [3.63, 3.8) is 0 Å². The summed E-state index contributed by atoms with van der Waals surface area (Å²) in [6, 6.07) is 9.19. The highest BCUT2D eigenvalue weighted by Crippen LogP contribution is 2.29. The van der Waals surface area contributed by atoms with E-state index in [1.807, 2.05) is 37.3 Å². The minimum Gasteiger partial charge on any atom is -0.469 e. The molecule has 5 nitrogen and oxygen atoms in total. The lowest BCUT2D eigenvalue weighted by Crippen LogP contribution is -2.30. The lowest BCUT2D eigenvalue weighted by atomic mass is 9.82. The zero-order valence-corrected chi connectivity index (χ0v) is 14.1. The Morgan fingerprint density at radius 1 is 1.17 bits per heavy atom. The second-order valence-electron chi connectivity index (χ2n) is 5.79. The van der Waals surface area contributed by atoms with Gasteiger partial charge in [0.25, 0.3) is 0 Å². The molecule has 1 aromatic carbocycles. The largest absolute Gasteiger partial charge is 0.469 e. The first-order valence-electron chi connectivity index (χ1n) is 7.71. The van der Waals surface area contributed by atoms with Crippen LogP contribution in [-0.2, 0) is 23.9 Å². The summed E-state index contributed by atoms with van der Waals surface area (Å²) in [5.41, 5.74) is 0.0528. The van der Waals surface area contributed by atoms with Gasteiger partial charge in [-0.15, -0.1) is 0 Å². The van der Waals surface area contributed by atoms with Crippen LogP contribution in [0.3, 0.4) is 0 Å². The maximum atomic E-state index is 12.0. The number of esters is 2. The Balaban J connectivity index is 0.00000529. The predicted molar refractivity (Wildman–Crippen MR) is 92.3 cm³/mol. The molecule has 0 amide bonds. The molecule has 1 rings (SSSR count). The minimum absolute atomic E-state index is 0. The number of ketones is 1. The molecule has 0 aliphatic carbocycles. The van der Waals surface area contributed by atoms with Crippen molar-refractivity contribution >= 4 is 17.7 Å². The van der Waals surface area contributed by atoms with Gasteiger partial charge in [-0.05, 0) is 32.3 Å². The number of hydrogen-bond acceptors (Lipinski definition) is 5. The van der Waals surface area contributed by atoms with E-state index in [-0.39, 0.29) is 26.2 Å². The number of methoxy groups -OCH3 is 1. The van der Waals surface area contributed by atoms with Gasteiger partial charge in [-0.2, -0.15) is 0 Å². The fourth-order valence-electron chi connectivity index (χ4n) is 2.18. The van der Waals surface area contributed by atoms with Gasteiger partial charge in [0.2, 0.25) is 5.78 Å². The second-order valence-corrected chi connectivity index (χ2v) is 5.79. The van der Waals surface area contributed by atoms with Gasteiger partial charge in [-0.25, -0.2) is 4.79 Å². The molecule has 2 atom stereocenters. The van der Waals surface area contributed by atoms with Crippen LogP contribution in [0.4, 0.5) is 0 Å². The molecule has 1 aromatic rings. The fraction of sp³-hybridized carbons (Fsp3) is 0.526. The summed E-state index contributed by atoms with van der Waals surface area (Å²) in [7, 11) is 1.31. The van der Waals surface area contributed by atoms with Crippen molar-refractivity contribution in [3.05, 3.63) is 35.9 Å². The van der Waals surface area contributed by atoms with Gasteiger partial charge < -0.3 is 9.47 Å². The highest BCUT2D eigenvalue weighted by molar-refractivity contribution is 6.33. The second kappa shape index (κ2) is 9.85. The van der Waals surface area contributed by atoms with Crippen LogP contribution in [0.5, 0.6) is 0 Å². The van der Waals surface area contributed by atoms with Crippen LogP contribution >= 0.6 is 0 Å². The molecule has 5 heteroatoms. The monoisotopic (exact) mass is 336 g/mol. The third-order valence-electron chi connectivity index (χ3n) is 4.14. The zero-order chi connectivity index (χ0) is 17.5. The van der Waals surface area contributed by atoms with Crippen LogP contribution in [0.15, 0.2) is 30.3 Å². The highest BCUT2D eigenvalue weighted by atomic mass is 16.5. The van der Waals surface area contributed by atoms with E-state index >= 15 is 0 Å². The van der Waals surface area contributed by atoms with E-state index in [0.717, 1.165) is 5.56 Å². The van der Waals surface area contributed by atoms with Crippen LogP contribution in [0, 0.1) is 5.41 Å². The van der Waals surface area contributed by atoms with E-state index in [0.29, 0.717) is 6.42 Å². The Hall–Kier alpha value is -2.17. The summed E-state index contributed by atoms with van der Waals surface area (Å²) in [6.45, 7) is 5.28. The van der Waals surface area contributed by atoms with Crippen molar-refractivity contribution < 1.29 is 23.9 Å². The Kier molecular flexibility index (Phi) is 8.96. The molecule has 0 fully saturated rings. The Bertz CT molecular complexity index is 552. The van der Waals surface area contributed by atoms with Crippen LogP contribution in [0.2, 0.25) is 0 Å². The van der Waals surface area contributed by atoms with Crippen molar-refractivity contribution in [2.45, 2.75) is 53.6 Å². The normalized spacial score (nSPS) is 13.8. The molecule has 0 aromatic heterocycles. The number of ether oxygens (including phenoxy) is 2. The van der Waals surface area contributed by atoms with Crippen LogP contribution in [0.1, 0.15) is 59.1 Å². The summed E-state index contributed by atoms with van der Waals surface area (Å²) < 4.78 is 9.93. The minimum atomic E-state index is -0.871. The first-order chi connectivity index (χ1) is 10.8. The molecule has 2 unspecified atom stereocenters. The smallest absolute Gasteiger partial charge is 0.375 e. The number of rotatable bonds is 8. The third-order valence-corrected chi connectivity index (χ3v) is 4.14. The SMILES string of the molecule is C.CCC(C)(CCC(=O)C(=O)OC(C)c1ccccc1)C(=O)OC. The summed E-state index contributed by atoms with van der Waals surface area (Å²) in [6.07, 6.45) is 0.247. The summed E-state index contributed by atoms with van der Waals surface area (Å²) in [5.74, 6) is -1.88. The van der Waals surface area contributed by atoms with E-state index < -0.39 is 23.3 Å². The average Bonchev–Trinajstić information content (AvgIpc) is 2.59. The van der Waals surface area contributed by atoms with Gasteiger partial charge in [-0.1, -0.05) is 44.7 Å². The fourth-order valence-corrected chi connectivity index (χ4v) is 2.18. The lowest BCUT2D eigenvalue weighted by Gasteiger charge is -2.24. The average molecular weight is 336 g/mol. The van der Waals surface area contributed by atoms with Crippen molar-refractivity contribution in [2.75, 3.05) is 7.11 Å². The van der Waals surface area contributed by atoms with Gasteiger partial charge in [0, 0.05) is 6.42 Å². The first-order valence-corrected chi connectivity index (χ1v) is 7.71. The van der Waals surface area contributed by atoms with Gasteiger partial charge in [0.1, 0.15) is 6.10 Å². The van der Waals surface area contributed by atoms with Gasteiger partial charge in [0.15, 0.2) is 0 Å². The van der Waals surface area contributed by atoms with E-state index in [1.165, 1.54) is 7.11 Å². The topological polar surface area (TPSA) is 69.7 Å². The molecule has 134 valence electrons. The number of Topliss-reactive ketones (excluding diaryl/α,β-unsaturated/α-hetero) is 1. The lowest BCUT2D eigenvalue weighted by molar-refractivity contribution is -0.159. The van der Waals surface area contributed by atoms with Crippen LogP contribution in [0.25, 0.3) is 0 Å². The van der Waals surface area contributed by atoms with Gasteiger partial charge >= 0.3 is 11.9 Å². The molecule has 0 aliphatic heterocycles. The van der Waals surface area contributed by atoms with E-state index in [9.17, 15) is 14.4 Å². The van der Waals surface area contributed by atoms with Crippen LogP contribution < -0.4 is 0 Å². The molecule has 0 heterocycles. The summed E-state index contributed by atoms with van der Waals surface area (Å²) in [4.78, 5) is 35.6. The van der Waals surface area contributed by atoms with Crippen molar-refractivity contribution in [1.29, 1.82) is 0 Å². The molecule has 24 heavy (non-hydrogen) atoms. The Morgan fingerprint density at radius 2 is 1.75 bits per heavy atom. The van der Waals surface area contributed by atoms with Gasteiger partial charge in [-0.3, -0.25) is 9.59 Å². The number of carbonyl (C=O) groups excluding carboxylic acids is 3. The molecule has 0 spiro atoms. The zero-order valence-electron chi connectivity index (χ0n) is 14.1. The van der Waals surface area contributed by atoms with Gasteiger partial charge in [0.05, 0.1) is 12.5 Å². The summed E-state index contributed by atoms with van der Waals surface area (Å²) >= 11 is 0.